The molecule has 0 heterocycles. The van der Waals surface area contributed by atoms with Gasteiger partial charge in [0.1, 0.15) is 0 Å². The average Bonchev–Trinajstić information content (AvgIpc) is 2.94. The van der Waals surface area contributed by atoms with Gasteiger partial charge in [-0.2, -0.15) is 0 Å². The molecule has 3 heteroatoms. The van der Waals surface area contributed by atoms with Crippen molar-refractivity contribution in [1.82, 2.24) is 5.32 Å². The van der Waals surface area contributed by atoms with Crippen molar-refractivity contribution in [1.29, 1.82) is 0 Å². The molecule has 1 rings (SSSR count). The van der Waals surface area contributed by atoms with Gasteiger partial charge in [-0.05, 0) is 31.1 Å². The van der Waals surface area contributed by atoms with Gasteiger partial charge >= 0.3 is 0 Å². The minimum Gasteiger partial charge on any atom is -0.385 e. The van der Waals surface area contributed by atoms with Crippen LogP contribution >= 0.6 is 0 Å². The molecule has 84 valence electrons. The highest BCUT2D eigenvalue weighted by molar-refractivity contribution is 4.94. The summed E-state index contributed by atoms with van der Waals surface area (Å²) in [6.07, 6.45) is 5.27. The molecule has 1 aliphatic rings. The zero-order valence-electron chi connectivity index (χ0n) is 9.47. The second-order valence-corrected chi connectivity index (χ2v) is 4.27. The van der Waals surface area contributed by atoms with E-state index in [0.29, 0.717) is 5.41 Å². The van der Waals surface area contributed by atoms with Gasteiger partial charge < -0.3 is 14.8 Å². The van der Waals surface area contributed by atoms with E-state index in [1.807, 2.05) is 0 Å². The van der Waals surface area contributed by atoms with Gasteiger partial charge in [0.05, 0.1) is 6.61 Å². The first-order chi connectivity index (χ1) is 6.83. The van der Waals surface area contributed by atoms with Gasteiger partial charge in [0.25, 0.3) is 0 Å². The summed E-state index contributed by atoms with van der Waals surface area (Å²) in [4.78, 5) is 0. The largest absolute Gasteiger partial charge is 0.385 e. The highest BCUT2D eigenvalue weighted by Crippen LogP contribution is 2.48. The number of hydrogen-bond donors (Lipinski definition) is 1. The quantitative estimate of drug-likeness (QED) is 0.572. The van der Waals surface area contributed by atoms with Crippen molar-refractivity contribution in [2.24, 2.45) is 5.41 Å². The molecule has 0 aliphatic heterocycles. The van der Waals surface area contributed by atoms with E-state index in [1.54, 1.807) is 14.2 Å². The third kappa shape index (κ3) is 4.40. The summed E-state index contributed by atoms with van der Waals surface area (Å²) < 4.78 is 10.1. The Labute approximate surface area is 87.2 Å². The van der Waals surface area contributed by atoms with E-state index in [0.717, 1.165) is 26.3 Å². The minimum atomic E-state index is 0.603. The van der Waals surface area contributed by atoms with E-state index in [-0.39, 0.29) is 0 Å². The maximum atomic E-state index is 5.07. The SMILES string of the molecule is COCCCC1(CNCCOC)CC1. The van der Waals surface area contributed by atoms with E-state index >= 15 is 0 Å². The number of hydrogen-bond acceptors (Lipinski definition) is 3. The van der Waals surface area contributed by atoms with Gasteiger partial charge in [-0.1, -0.05) is 0 Å². The average molecular weight is 201 g/mol. The van der Waals surface area contributed by atoms with Crippen LogP contribution in [0.5, 0.6) is 0 Å². The molecule has 0 bridgehead atoms. The molecule has 0 radical (unpaired) electrons. The molecule has 0 saturated heterocycles. The van der Waals surface area contributed by atoms with Crippen LogP contribution in [-0.2, 0) is 9.47 Å². The zero-order chi connectivity index (χ0) is 10.3. The molecule has 1 aliphatic carbocycles. The topological polar surface area (TPSA) is 30.5 Å². The van der Waals surface area contributed by atoms with Gasteiger partial charge in [0, 0.05) is 33.9 Å². The normalized spacial score (nSPS) is 18.4. The van der Waals surface area contributed by atoms with Gasteiger partial charge in [0.2, 0.25) is 0 Å². The summed E-state index contributed by atoms with van der Waals surface area (Å²) in [6.45, 7) is 3.84. The van der Waals surface area contributed by atoms with Crippen LogP contribution in [-0.4, -0.2) is 40.5 Å². The summed E-state index contributed by atoms with van der Waals surface area (Å²) in [7, 11) is 3.52. The third-order valence-electron chi connectivity index (χ3n) is 3.00. The molecule has 0 aromatic carbocycles. The van der Waals surface area contributed by atoms with Crippen LogP contribution in [0.1, 0.15) is 25.7 Å². The van der Waals surface area contributed by atoms with E-state index in [1.165, 1.54) is 25.7 Å². The molecular formula is C11H23NO2. The number of nitrogens with one attached hydrogen (secondary N) is 1. The van der Waals surface area contributed by atoms with Crippen molar-refractivity contribution >= 4 is 0 Å². The Morgan fingerprint density at radius 1 is 1.14 bits per heavy atom. The van der Waals surface area contributed by atoms with Crippen LogP contribution in [0.3, 0.4) is 0 Å². The predicted molar refractivity (Wildman–Crippen MR) is 57.5 cm³/mol. The molecule has 0 unspecified atom stereocenters. The molecule has 0 amide bonds. The third-order valence-corrected chi connectivity index (χ3v) is 3.00. The second-order valence-electron chi connectivity index (χ2n) is 4.27. The summed E-state index contributed by atoms with van der Waals surface area (Å²) >= 11 is 0. The van der Waals surface area contributed by atoms with E-state index < -0.39 is 0 Å². The number of rotatable bonds is 9. The molecule has 3 nitrogen and oxygen atoms in total. The molecule has 0 atom stereocenters. The van der Waals surface area contributed by atoms with Crippen molar-refractivity contribution in [3.63, 3.8) is 0 Å². The van der Waals surface area contributed by atoms with Gasteiger partial charge in [-0.25, -0.2) is 0 Å². The lowest BCUT2D eigenvalue weighted by Crippen LogP contribution is -2.27. The van der Waals surface area contributed by atoms with E-state index in [2.05, 4.69) is 5.32 Å². The van der Waals surface area contributed by atoms with E-state index in [4.69, 9.17) is 9.47 Å². The smallest absolute Gasteiger partial charge is 0.0587 e. The molecule has 0 aromatic heterocycles. The molecule has 14 heavy (non-hydrogen) atoms. The first-order valence-corrected chi connectivity index (χ1v) is 5.52. The first kappa shape index (κ1) is 12.0. The van der Waals surface area contributed by atoms with Crippen molar-refractivity contribution in [3.8, 4) is 0 Å². The highest BCUT2D eigenvalue weighted by Gasteiger charge is 2.40. The lowest BCUT2D eigenvalue weighted by Gasteiger charge is -2.15. The minimum absolute atomic E-state index is 0.603. The Morgan fingerprint density at radius 2 is 1.86 bits per heavy atom. The van der Waals surface area contributed by atoms with Crippen LogP contribution in [0.2, 0.25) is 0 Å². The summed E-state index contributed by atoms with van der Waals surface area (Å²) in [6, 6.07) is 0. The Kier molecular flexibility index (Phi) is 5.45. The lowest BCUT2D eigenvalue weighted by atomic mass is 10.0. The molecule has 1 saturated carbocycles. The maximum absolute atomic E-state index is 5.07. The summed E-state index contributed by atoms with van der Waals surface area (Å²) in [5.41, 5.74) is 0.603. The van der Waals surface area contributed by atoms with E-state index in [9.17, 15) is 0 Å². The van der Waals surface area contributed by atoms with Crippen LogP contribution < -0.4 is 5.32 Å². The molecule has 1 fully saturated rings. The van der Waals surface area contributed by atoms with Crippen molar-refractivity contribution in [2.45, 2.75) is 25.7 Å². The lowest BCUT2D eigenvalue weighted by molar-refractivity contribution is 0.181. The van der Waals surface area contributed by atoms with Crippen LogP contribution in [0.15, 0.2) is 0 Å². The Bertz CT molecular complexity index is 146. The fourth-order valence-electron chi connectivity index (χ4n) is 1.81. The first-order valence-electron chi connectivity index (χ1n) is 5.52. The fourth-order valence-corrected chi connectivity index (χ4v) is 1.81. The van der Waals surface area contributed by atoms with Gasteiger partial charge in [-0.3, -0.25) is 0 Å². The van der Waals surface area contributed by atoms with Crippen molar-refractivity contribution < 1.29 is 9.47 Å². The predicted octanol–water partition coefficient (Wildman–Crippen LogP) is 1.43. The van der Waals surface area contributed by atoms with Crippen LogP contribution in [0, 0.1) is 5.41 Å². The zero-order valence-corrected chi connectivity index (χ0v) is 9.47. The maximum Gasteiger partial charge on any atom is 0.0587 e. The van der Waals surface area contributed by atoms with Crippen molar-refractivity contribution in [3.05, 3.63) is 0 Å². The summed E-state index contributed by atoms with van der Waals surface area (Å²) in [5.74, 6) is 0. The Morgan fingerprint density at radius 3 is 2.43 bits per heavy atom. The van der Waals surface area contributed by atoms with Gasteiger partial charge in [0.15, 0.2) is 0 Å². The Hall–Kier alpha value is -0.120. The van der Waals surface area contributed by atoms with Crippen molar-refractivity contribution in [2.75, 3.05) is 40.5 Å². The fraction of sp³-hybridized carbons (Fsp3) is 1.00. The van der Waals surface area contributed by atoms with Crippen LogP contribution in [0.25, 0.3) is 0 Å². The van der Waals surface area contributed by atoms with Gasteiger partial charge in [-0.15, -0.1) is 0 Å². The monoisotopic (exact) mass is 201 g/mol. The van der Waals surface area contributed by atoms with Crippen LogP contribution in [0.4, 0.5) is 0 Å². The molecular weight excluding hydrogens is 178 g/mol. The summed E-state index contributed by atoms with van der Waals surface area (Å²) in [5, 5.41) is 3.45. The standard InChI is InChI=1S/C11H23NO2/c1-13-8-3-4-11(5-6-11)10-12-7-9-14-2/h12H,3-10H2,1-2H3. The molecule has 0 aromatic rings. The molecule has 0 spiro atoms. The number of ether oxygens (including phenoxy) is 2. The number of methoxy groups -OCH3 is 2. The Balaban J connectivity index is 1.98. The highest BCUT2D eigenvalue weighted by atomic mass is 16.5. The molecule has 1 N–H and O–H groups in total. The second kappa shape index (κ2) is 6.38.